The molecule has 0 saturated carbocycles. The van der Waals surface area contributed by atoms with Crippen LogP contribution in [0.15, 0.2) is 5.16 Å². The second kappa shape index (κ2) is 4.74. The number of rotatable bonds is 2. The predicted octanol–water partition coefficient (Wildman–Crippen LogP) is -0.702. The summed E-state index contributed by atoms with van der Waals surface area (Å²) >= 11 is 1.44. The molecule has 0 aliphatic heterocycles. The van der Waals surface area contributed by atoms with Crippen LogP contribution in [0.1, 0.15) is 0 Å². The van der Waals surface area contributed by atoms with Crippen molar-refractivity contribution in [3.63, 3.8) is 0 Å². The quantitative estimate of drug-likeness (QED) is 0.486. The molecule has 1 heterocycles. The van der Waals surface area contributed by atoms with Crippen molar-refractivity contribution in [2.45, 2.75) is 5.16 Å². The number of tetrazole rings is 1. The molecule has 0 aliphatic rings. The monoisotopic (exact) mass is 184 g/mol. The summed E-state index contributed by atoms with van der Waals surface area (Å²) in [5.41, 5.74) is 0. The van der Waals surface area contributed by atoms with E-state index in [2.05, 4.69) is 27.4 Å². The highest BCUT2D eigenvalue weighted by molar-refractivity contribution is 7.99. The predicted molar refractivity (Wildman–Crippen MR) is 44.4 cm³/mol. The van der Waals surface area contributed by atoms with Gasteiger partial charge in [0.15, 0.2) is 0 Å². The Hall–Kier alpha value is -1.06. The third-order valence-electron chi connectivity index (χ3n) is 1.06. The van der Waals surface area contributed by atoms with E-state index in [4.69, 9.17) is 5.11 Å². The average molecular weight is 184 g/mol. The molecule has 1 rings (SSSR count). The largest absolute Gasteiger partial charge is 0.384 e. The molecular weight excluding hydrogens is 176 g/mol. The molecule has 0 bridgehead atoms. The Labute approximate surface area is 74.2 Å². The summed E-state index contributed by atoms with van der Waals surface area (Å²) in [7, 11) is 1.77. The van der Waals surface area contributed by atoms with Crippen LogP contribution in [-0.4, -0.2) is 37.7 Å². The Morgan fingerprint density at radius 3 is 3.00 bits per heavy atom. The molecule has 0 unspecified atom stereocenters. The highest BCUT2D eigenvalue weighted by atomic mass is 32.2. The fraction of sp³-hybridized carbons (Fsp3) is 0.500. The maximum atomic E-state index is 8.35. The standard InChI is InChI=1S/C6H8N4OS/c1-10-6(7-8-9-10)12-5-3-2-4-11/h11H,4-5H2,1H3. The molecule has 64 valence electrons. The normalized spacial score (nSPS) is 9.17. The topological polar surface area (TPSA) is 63.8 Å². The van der Waals surface area contributed by atoms with Gasteiger partial charge in [-0.15, -0.1) is 5.10 Å². The Balaban J connectivity index is 2.38. The lowest BCUT2D eigenvalue weighted by Crippen LogP contribution is -1.93. The van der Waals surface area contributed by atoms with Crippen molar-refractivity contribution in [2.75, 3.05) is 12.4 Å². The molecule has 0 amide bonds. The molecule has 0 saturated heterocycles. The molecule has 0 aliphatic carbocycles. The van der Waals surface area contributed by atoms with Crippen LogP contribution in [0, 0.1) is 11.8 Å². The lowest BCUT2D eigenvalue weighted by atomic mass is 10.6. The van der Waals surface area contributed by atoms with Gasteiger partial charge in [0, 0.05) is 7.05 Å². The van der Waals surface area contributed by atoms with Crippen LogP contribution in [0.25, 0.3) is 0 Å². The SMILES string of the molecule is Cn1nnnc1SCC#CCO. The molecule has 6 heteroatoms. The van der Waals surface area contributed by atoms with Crippen LogP contribution >= 0.6 is 11.8 Å². The Morgan fingerprint density at radius 1 is 1.58 bits per heavy atom. The van der Waals surface area contributed by atoms with E-state index in [9.17, 15) is 0 Å². The minimum Gasteiger partial charge on any atom is -0.384 e. The zero-order valence-corrected chi connectivity index (χ0v) is 7.38. The molecule has 1 N–H and O–H groups in total. The van der Waals surface area contributed by atoms with Gasteiger partial charge in [0.05, 0.1) is 5.75 Å². The fourth-order valence-electron chi connectivity index (χ4n) is 0.551. The van der Waals surface area contributed by atoms with E-state index in [1.807, 2.05) is 0 Å². The first kappa shape index (κ1) is 9.03. The van der Waals surface area contributed by atoms with Crippen LogP contribution in [0.3, 0.4) is 0 Å². The van der Waals surface area contributed by atoms with E-state index in [-0.39, 0.29) is 6.61 Å². The van der Waals surface area contributed by atoms with E-state index in [0.717, 1.165) is 5.16 Å². The van der Waals surface area contributed by atoms with Crippen molar-refractivity contribution in [3.05, 3.63) is 0 Å². The lowest BCUT2D eigenvalue weighted by molar-refractivity contribution is 0.350. The van der Waals surface area contributed by atoms with Crippen molar-refractivity contribution in [1.82, 2.24) is 20.2 Å². The summed E-state index contributed by atoms with van der Waals surface area (Å²) in [6.45, 7) is -0.0996. The zero-order valence-electron chi connectivity index (χ0n) is 6.56. The van der Waals surface area contributed by atoms with Gasteiger partial charge < -0.3 is 5.11 Å². The van der Waals surface area contributed by atoms with Gasteiger partial charge in [-0.3, -0.25) is 0 Å². The fourth-order valence-corrected chi connectivity index (χ4v) is 1.17. The van der Waals surface area contributed by atoms with Crippen molar-refractivity contribution in [2.24, 2.45) is 7.05 Å². The minimum absolute atomic E-state index is 0.0996. The van der Waals surface area contributed by atoms with E-state index < -0.39 is 0 Å². The Morgan fingerprint density at radius 2 is 2.42 bits per heavy atom. The van der Waals surface area contributed by atoms with E-state index in [1.165, 1.54) is 11.8 Å². The average Bonchev–Trinajstić information content (AvgIpc) is 2.46. The van der Waals surface area contributed by atoms with Gasteiger partial charge in [-0.1, -0.05) is 23.6 Å². The first-order valence-electron chi connectivity index (χ1n) is 3.26. The summed E-state index contributed by atoms with van der Waals surface area (Å²) < 4.78 is 1.57. The first-order chi connectivity index (χ1) is 5.84. The molecular formula is C6H8N4OS. The van der Waals surface area contributed by atoms with Crippen LogP contribution < -0.4 is 0 Å². The van der Waals surface area contributed by atoms with Crippen LogP contribution in [0.5, 0.6) is 0 Å². The third-order valence-corrected chi connectivity index (χ3v) is 1.95. The molecule has 5 nitrogen and oxygen atoms in total. The number of aliphatic hydroxyl groups is 1. The summed E-state index contributed by atoms with van der Waals surface area (Å²) in [4.78, 5) is 0. The van der Waals surface area contributed by atoms with E-state index in [1.54, 1.807) is 11.7 Å². The molecule has 12 heavy (non-hydrogen) atoms. The van der Waals surface area contributed by atoms with Crippen molar-refractivity contribution in [3.8, 4) is 11.8 Å². The van der Waals surface area contributed by atoms with E-state index in [0.29, 0.717) is 5.75 Å². The van der Waals surface area contributed by atoms with Gasteiger partial charge >= 0.3 is 0 Å². The molecule has 0 fully saturated rings. The summed E-state index contributed by atoms with van der Waals surface area (Å²) in [5.74, 6) is 5.88. The number of aliphatic hydroxyl groups excluding tert-OH is 1. The van der Waals surface area contributed by atoms with Crippen LogP contribution in [-0.2, 0) is 7.05 Å². The van der Waals surface area contributed by atoms with Gasteiger partial charge in [-0.2, -0.15) is 0 Å². The van der Waals surface area contributed by atoms with Gasteiger partial charge in [0.1, 0.15) is 6.61 Å². The number of aromatic nitrogens is 4. The van der Waals surface area contributed by atoms with Crippen LogP contribution in [0.2, 0.25) is 0 Å². The number of hydrogen-bond donors (Lipinski definition) is 1. The summed E-state index contributed by atoms with van der Waals surface area (Å²) in [6, 6.07) is 0. The maximum Gasteiger partial charge on any atom is 0.209 e. The van der Waals surface area contributed by atoms with Crippen molar-refractivity contribution >= 4 is 11.8 Å². The lowest BCUT2D eigenvalue weighted by Gasteiger charge is -1.91. The Bertz CT molecular complexity index is 300. The molecule has 1 aromatic heterocycles. The zero-order chi connectivity index (χ0) is 8.81. The van der Waals surface area contributed by atoms with Gasteiger partial charge in [0.2, 0.25) is 5.16 Å². The van der Waals surface area contributed by atoms with Gasteiger partial charge in [-0.05, 0) is 10.4 Å². The van der Waals surface area contributed by atoms with Crippen molar-refractivity contribution in [1.29, 1.82) is 0 Å². The summed E-state index contributed by atoms with van der Waals surface area (Å²) in [5, 5.41) is 19.9. The minimum atomic E-state index is -0.0996. The van der Waals surface area contributed by atoms with E-state index >= 15 is 0 Å². The molecule has 1 aromatic rings. The van der Waals surface area contributed by atoms with Crippen molar-refractivity contribution < 1.29 is 5.11 Å². The Kier molecular flexibility index (Phi) is 3.57. The first-order valence-corrected chi connectivity index (χ1v) is 4.25. The number of aryl methyl sites for hydroxylation is 1. The van der Waals surface area contributed by atoms with Gasteiger partial charge in [-0.25, -0.2) is 4.68 Å². The summed E-state index contributed by atoms with van der Waals surface area (Å²) in [6.07, 6.45) is 0. The third kappa shape index (κ3) is 2.53. The second-order valence-corrected chi connectivity index (χ2v) is 2.83. The number of nitrogens with zero attached hydrogens (tertiary/aromatic N) is 4. The molecule has 0 aromatic carbocycles. The van der Waals surface area contributed by atoms with Crippen LogP contribution in [0.4, 0.5) is 0 Å². The highest BCUT2D eigenvalue weighted by Crippen LogP contribution is 2.10. The molecule has 0 radical (unpaired) electrons. The highest BCUT2D eigenvalue weighted by Gasteiger charge is 1.99. The van der Waals surface area contributed by atoms with Gasteiger partial charge in [0.25, 0.3) is 0 Å². The molecule has 0 spiro atoms. The number of thioether (sulfide) groups is 1. The second-order valence-electron chi connectivity index (χ2n) is 1.89. The maximum absolute atomic E-state index is 8.35. The number of hydrogen-bond acceptors (Lipinski definition) is 5. The smallest absolute Gasteiger partial charge is 0.209 e. The molecule has 0 atom stereocenters.